The molecule has 2 rings (SSSR count). The van der Waals surface area contributed by atoms with Crippen molar-refractivity contribution in [2.75, 3.05) is 12.4 Å². The summed E-state index contributed by atoms with van der Waals surface area (Å²) in [7, 11) is -3.22. The molecule has 0 aromatic heterocycles. The minimum Gasteiger partial charge on any atom is -0.495 e. The number of amides is 1. The van der Waals surface area contributed by atoms with Gasteiger partial charge in [-0.05, 0) is 43.3 Å². The number of carbonyl (C=O) groups is 1. The summed E-state index contributed by atoms with van der Waals surface area (Å²) in [5, 5.41) is 1.89. The molecule has 0 bridgehead atoms. The number of methoxy groups -OCH3 is 1. The second-order valence-electron chi connectivity index (χ2n) is 6.42. The van der Waals surface area contributed by atoms with Gasteiger partial charge in [0.2, 0.25) is 15.9 Å². The summed E-state index contributed by atoms with van der Waals surface area (Å²) in [6.07, 6.45) is -10.2. The molecule has 0 aliphatic heterocycles. The van der Waals surface area contributed by atoms with E-state index in [1.54, 1.807) is 0 Å². The lowest BCUT2D eigenvalue weighted by Crippen LogP contribution is -2.41. The molecule has 0 saturated carbocycles. The van der Waals surface area contributed by atoms with Gasteiger partial charge in [0, 0.05) is 10.7 Å². The molecule has 0 heterocycles. The van der Waals surface area contributed by atoms with Gasteiger partial charge < -0.3 is 10.1 Å². The number of hydrogen-bond donors (Lipinski definition) is 2. The molecule has 1 amide bonds. The molecule has 2 aromatic rings. The van der Waals surface area contributed by atoms with E-state index in [1.165, 1.54) is 19.2 Å². The SMILES string of the molecule is COc1ccc(Cl)cc1S(=O)(=O)N[C@H](C)C(=O)Nc1cc(C(F)(F)F)cc(C(F)(F)F)c1. The zero-order valence-corrected chi connectivity index (χ0v) is 17.8. The molecule has 0 fully saturated rings. The Hall–Kier alpha value is -2.51. The highest BCUT2D eigenvalue weighted by Gasteiger charge is 2.37. The zero-order valence-electron chi connectivity index (χ0n) is 16.2. The van der Waals surface area contributed by atoms with Crippen LogP contribution in [-0.4, -0.2) is 27.5 Å². The van der Waals surface area contributed by atoms with Crippen LogP contribution in [0.5, 0.6) is 5.75 Å². The smallest absolute Gasteiger partial charge is 0.416 e. The van der Waals surface area contributed by atoms with E-state index < -0.39 is 56.0 Å². The molecule has 0 saturated heterocycles. The maximum Gasteiger partial charge on any atom is 0.416 e. The third kappa shape index (κ3) is 6.26. The van der Waals surface area contributed by atoms with Gasteiger partial charge in [-0.15, -0.1) is 0 Å². The monoisotopic (exact) mass is 504 g/mol. The first-order valence-electron chi connectivity index (χ1n) is 8.51. The van der Waals surface area contributed by atoms with E-state index in [4.69, 9.17) is 16.3 Å². The molecule has 0 spiro atoms. The number of anilines is 1. The van der Waals surface area contributed by atoms with E-state index in [9.17, 15) is 39.6 Å². The van der Waals surface area contributed by atoms with Crippen LogP contribution >= 0.6 is 11.6 Å². The first-order chi connectivity index (χ1) is 14.5. The molecule has 0 aliphatic rings. The number of carbonyl (C=O) groups excluding carboxylic acids is 1. The first kappa shape index (κ1) is 25.7. The lowest BCUT2D eigenvalue weighted by Gasteiger charge is -2.18. The van der Waals surface area contributed by atoms with Gasteiger partial charge in [-0.3, -0.25) is 4.79 Å². The molecule has 176 valence electrons. The van der Waals surface area contributed by atoms with E-state index in [2.05, 4.69) is 0 Å². The Kier molecular flexibility index (Phi) is 7.37. The number of nitrogens with one attached hydrogen (secondary N) is 2. The highest BCUT2D eigenvalue weighted by atomic mass is 35.5. The Morgan fingerprint density at radius 2 is 1.53 bits per heavy atom. The Morgan fingerprint density at radius 3 is 2.00 bits per heavy atom. The van der Waals surface area contributed by atoms with Crippen molar-refractivity contribution in [3.8, 4) is 5.75 Å². The maximum absolute atomic E-state index is 13.0. The molecule has 0 unspecified atom stereocenters. The number of benzene rings is 2. The average molecular weight is 505 g/mol. The maximum atomic E-state index is 13.0. The van der Waals surface area contributed by atoms with Crippen LogP contribution in [0.25, 0.3) is 0 Å². The lowest BCUT2D eigenvalue weighted by atomic mass is 10.1. The number of halogens is 7. The van der Waals surface area contributed by atoms with E-state index in [1.807, 2.05) is 10.0 Å². The van der Waals surface area contributed by atoms with Crippen LogP contribution < -0.4 is 14.8 Å². The van der Waals surface area contributed by atoms with Crippen molar-refractivity contribution in [3.05, 3.63) is 52.5 Å². The van der Waals surface area contributed by atoms with E-state index in [0.29, 0.717) is 12.1 Å². The third-order valence-electron chi connectivity index (χ3n) is 4.00. The molecule has 0 aliphatic carbocycles. The van der Waals surface area contributed by atoms with Crippen LogP contribution in [0.2, 0.25) is 5.02 Å². The number of sulfonamides is 1. The van der Waals surface area contributed by atoms with Crippen molar-refractivity contribution in [1.82, 2.24) is 4.72 Å². The van der Waals surface area contributed by atoms with E-state index in [-0.39, 0.29) is 16.8 Å². The Morgan fingerprint density at radius 1 is 1.00 bits per heavy atom. The van der Waals surface area contributed by atoms with Crippen LogP contribution in [0.3, 0.4) is 0 Å². The van der Waals surface area contributed by atoms with Crippen molar-refractivity contribution >= 4 is 33.2 Å². The fourth-order valence-corrected chi connectivity index (χ4v) is 4.12. The van der Waals surface area contributed by atoms with Gasteiger partial charge in [0.15, 0.2) is 0 Å². The quantitative estimate of drug-likeness (QED) is 0.559. The Bertz CT molecular complexity index is 1090. The summed E-state index contributed by atoms with van der Waals surface area (Å²) in [6.45, 7) is 1.04. The van der Waals surface area contributed by atoms with Crippen LogP contribution in [0.15, 0.2) is 41.3 Å². The number of ether oxygens (including phenoxy) is 1. The molecular weight excluding hydrogens is 490 g/mol. The standard InChI is InChI=1S/C18H15ClF6N2O4S/c1-9(27-32(29,30)15-8-12(19)3-4-14(15)31-2)16(28)26-13-6-10(17(20,21)22)5-11(7-13)18(23,24)25/h3-9,27H,1-2H3,(H,26,28)/t9-/m1/s1. The van der Waals surface area contributed by atoms with Gasteiger partial charge in [-0.2, -0.15) is 31.1 Å². The van der Waals surface area contributed by atoms with Crippen molar-refractivity contribution < 1.29 is 44.3 Å². The zero-order chi connectivity index (χ0) is 24.5. The van der Waals surface area contributed by atoms with Crippen molar-refractivity contribution in [2.45, 2.75) is 30.2 Å². The molecular formula is C18H15ClF6N2O4S. The predicted octanol–water partition coefficient (Wildman–Crippen LogP) is 4.69. The van der Waals surface area contributed by atoms with Crippen LogP contribution in [0, 0.1) is 0 Å². The summed E-state index contributed by atoms with van der Waals surface area (Å²) >= 11 is 5.78. The van der Waals surface area contributed by atoms with Gasteiger partial charge >= 0.3 is 12.4 Å². The van der Waals surface area contributed by atoms with Gasteiger partial charge in [0.05, 0.1) is 24.3 Å². The van der Waals surface area contributed by atoms with Gasteiger partial charge in [0.1, 0.15) is 10.6 Å². The summed E-state index contributed by atoms with van der Waals surface area (Å²) in [5.41, 5.74) is -4.09. The molecule has 14 heteroatoms. The second-order valence-corrected chi connectivity index (χ2v) is 8.54. The molecule has 2 aromatic carbocycles. The van der Waals surface area contributed by atoms with Crippen LogP contribution in [0.1, 0.15) is 18.1 Å². The summed E-state index contributed by atoms with van der Waals surface area (Å²) in [5.74, 6) is -1.32. The third-order valence-corrected chi connectivity index (χ3v) is 5.79. The average Bonchev–Trinajstić information content (AvgIpc) is 2.66. The molecule has 0 radical (unpaired) electrons. The molecule has 1 atom stereocenters. The number of hydrogen-bond acceptors (Lipinski definition) is 4. The van der Waals surface area contributed by atoms with E-state index >= 15 is 0 Å². The molecule has 6 nitrogen and oxygen atoms in total. The van der Waals surface area contributed by atoms with E-state index in [0.717, 1.165) is 13.0 Å². The minimum absolute atomic E-state index is 0.0342. The summed E-state index contributed by atoms with van der Waals surface area (Å²) < 4.78 is 110. The number of alkyl halides is 6. The largest absolute Gasteiger partial charge is 0.495 e. The number of rotatable bonds is 6. The second kappa shape index (κ2) is 9.16. The highest BCUT2D eigenvalue weighted by Crippen LogP contribution is 2.37. The normalized spacial score (nSPS) is 13.5. The van der Waals surface area contributed by atoms with Crippen molar-refractivity contribution in [2.24, 2.45) is 0 Å². The fourth-order valence-electron chi connectivity index (χ4n) is 2.49. The van der Waals surface area contributed by atoms with Crippen molar-refractivity contribution in [1.29, 1.82) is 0 Å². The Labute approximate surface area is 183 Å². The lowest BCUT2D eigenvalue weighted by molar-refractivity contribution is -0.143. The van der Waals surface area contributed by atoms with Gasteiger partial charge in [-0.1, -0.05) is 11.6 Å². The topological polar surface area (TPSA) is 84.5 Å². The van der Waals surface area contributed by atoms with Gasteiger partial charge in [0.25, 0.3) is 0 Å². The van der Waals surface area contributed by atoms with Crippen LogP contribution in [0.4, 0.5) is 32.0 Å². The highest BCUT2D eigenvalue weighted by molar-refractivity contribution is 7.89. The first-order valence-corrected chi connectivity index (χ1v) is 10.4. The summed E-state index contributed by atoms with van der Waals surface area (Å²) in [4.78, 5) is 11.9. The fraction of sp³-hybridized carbons (Fsp3) is 0.278. The van der Waals surface area contributed by atoms with Crippen molar-refractivity contribution in [3.63, 3.8) is 0 Å². The molecule has 2 N–H and O–H groups in total. The summed E-state index contributed by atoms with van der Waals surface area (Å²) in [6, 6.07) is 2.54. The molecule has 32 heavy (non-hydrogen) atoms. The van der Waals surface area contributed by atoms with Crippen LogP contribution in [-0.2, 0) is 27.2 Å². The Balaban J connectivity index is 2.30. The minimum atomic E-state index is -5.11. The van der Waals surface area contributed by atoms with Gasteiger partial charge in [-0.25, -0.2) is 8.42 Å². The predicted molar refractivity (Wildman–Crippen MR) is 103 cm³/mol.